The molecule has 0 saturated carbocycles. The molecule has 1 unspecified atom stereocenters. The van der Waals surface area contributed by atoms with E-state index in [1.165, 1.54) is 19.2 Å². The molecule has 0 aromatic heterocycles. The zero-order valence-corrected chi connectivity index (χ0v) is 24.7. The van der Waals surface area contributed by atoms with Gasteiger partial charge in [0.25, 0.3) is 0 Å². The number of aliphatic carboxylic acids is 1. The number of carbonyl (C=O) groups is 1. The molecule has 0 aliphatic carbocycles. The van der Waals surface area contributed by atoms with Crippen LogP contribution in [0.15, 0.2) is 59.6 Å². The van der Waals surface area contributed by atoms with E-state index in [4.69, 9.17) is 4.74 Å². The predicted octanol–water partition coefficient (Wildman–Crippen LogP) is 4.76. The third-order valence-corrected chi connectivity index (χ3v) is 6.58. The number of nitrogens with zero attached hydrogens (tertiary/aromatic N) is 4. The van der Waals surface area contributed by atoms with Crippen LogP contribution in [0, 0.1) is 54.6 Å². The summed E-state index contributed by atoms with van der Waals surface area (Å²) in [4.78, 5) is 22.0. The van der Waals surface area contributed by atoms with E-state index in [0.29, 0.717) is 49.1 Å². The summed E-state index contributed by atoms with van der Waals surface area (Å²) in [6, 6.07) is 15.1. The van der Waals surface area contributed by atoms with Crippen LogP contribution in [0.4, 0.5) is 30.2 Å². The summed E-state index contributed by atoms with van der Waals surface area (Å²) in [5, 5.41) is 9.77. The van der Waals surface area contributed by atoms with Gasteiger partial charge in [-0.15, -0.1) is 6.07 Å². The Balaban J connectivity index is 0.00000336. The quantitative estimate of drug-likeness (QED) is 0.381. The summed E-state index contributed by atoms with van der Waals surface area (Å²) >= 11 is 0. The molecule has 1 saturated heterocycles. The molecular formula is C27H24F3N4O3U-. The van der Waals surface area contributed by atoms with Crippen LogP contribution in [-0.2, 0) is 4.79 Å². The maximum absolute atomic E-state index is 15.0. The minimum Gasteiger partial charge on any atom is -0.520 e. The topological polar surface area (TPSA) is 68.6 Å². The fraction of sp³-hybridized carbons (Fsp3) is 0.259. The zero-order valence-electron chi connectivity index (χ0n) is 20.5. The number of halogens is 3. The number of ether oxygens (including phenoxy) is 1. The first kappa shape index (κ1) is 27.9. The number of aliphatic imine (C=N–C) groups is 1. The molecule has 2 aliphatic rings. The summed E-state index contributed by atoms with van der Waals surface area (Å²) in [6.45, 7) is 1.40. The van der Waals surface area contributed by atoms with Gasteiger partial charge < -0.3 is 24.5 Å². The van der Waals surface area contributed by atoms with Gasteiger partial charge in [-0.1, -0.05) is 12.1 Å². The zero-order chi connectivity index (χ0) is 26.1. The Bertz CT molecular complexity index is 1370. The second-order valence-electron chi connectivity index (χ2n) is 8.74. The van der Waals surface area contributed by atoms with Crippen LogP contribution >= 0.6 is 0 Å². The Morgan fingerprint density at radius 1 is 1.05 bits per heavy atom. The molecule has 1 atom stereocenters. The van der Waals surface area contributed by atoms with Gasteiger partial charge in [-0.3, -0.25) is 4.79 Å². The van der Waals surface area contributed by atoms with Gasteiger partial charge in [0.1, 0.15) is 23.1 Å². The van der Waals surface area contributed by atoms with Crippen LogP contribution in [0.1, 0.15) is 18.0 Å². The molecule has 38 heavy (non-hydrogen) atoms. The van der Waals surface area contributed by atoms with E-state index >= 15 is 0 Å². The molecule has 0 bridgehead atoms. The van der Waals surface area contributed by atoms with Crippen LogP contribution in [0.2, 0.25) is 0 Å². The number of hydrogen-bond donors (Lipinski definition) is 1. The van der Waals surface area contributed by atoms with Crippen molar-refractivity contribution >= 4 is 29.0 Å². The Labute approximate surface area is 241 Å². The molecule has 7 nitrogen and oxygen atoms in total. The molecule has 3 aromatic carbocycles. The molecule has 3 aromatic rings. The third kappa shape index (κ3) is 5.36. The van der Waals surface area contributed by atoms with Crippen LogP contribution < -0.4 is 14.5 Å². The Kier molecular flexibility index (Phi) is 8.58. The number of methoxy groups -OCH3 is 1. The van der Waals surface area contributed by atoms with Crippen molar-refractivity contribution in [3.8, 4) is 5.75 Å². The van der Waals surface area contributed by atoms with Crippen molar-refractivity contribution in [2.24, 2.45) is 4.99 Å². The van der Waals surface area contributed by atoms with Crippen molar-refractivity contribution in [1.82, 2.24) is 4.90 Å². The van der Waals surface area contributed by atoms with Crippen LogP contribution in [0.5, 0.6) is 5.75 Å². The number of benzene rings is 3. The summed E-state index contributed by atoms with van der Waals surface area (Å²) in [7, 11) is 1.51. The standard InChI is InChI=1S/C27H24F3N4O3.U/c1-37-24-8-3-2-7-21(24)34-22(16-25(35)36)18-5-4-6-20(30)26(18)31-27(34)33-13-11-32(12-14-33)23-15-17(28)9-10-19(23)29;/h3-10,15,22H,11-14,16H2,1H3,(H,35,36);/q-1;. The Morgan fingerprint density at radius 2 is 1.79 bits per heavy atom. The summed E-state index contributed by atoms with van der Waals surface area (Å²) in [6.07, 6.45) is -0.317. The van der Waals surface area contributed by atoms with Gasteiger partial charge in [-0.2, -0.15) is 18.2 Å². The monoisotopic (exact) mass is 747 g/mol. The van der Waals surface area contributed by atoms with E-state index in [9.17, 15) is 23.1 Å². The number of carboxylic acid groups (broad SMARTS) is 1. The largest absolute Gasteiger partial charge is 0.520 e. The number of piperazine rings is 1. The minimum absolute atomic E-state index is 0. The second-order valence-corrected chi connectivity index (χ2v) is 8.74. The van der Waals surface area contributed by atoms with Gasteiger partial charge in [0.2, 0.25) is 0 Å². The van der Waals surface area contributed by atoms with E-state index in [2.05, 4.69) is 11.1 Å². The predicted molar refractivity (Wildman–Crippen MR) is 133 cm³/mol. The van der Waals surface area contributed by atoms with E-state index in [1.807, 2.05) is 4.90 Å². The van der Waals surface area contributed by atoms with E-state index < -0.39 is 29.5 Å². The summed E-state index contributed by atoms with van der Waals surface area (Å²) in [5.41, 5.74) is 1.22. The smallest absolute Gasteiger partial charge is 0.305 e. The first-order valence-electron chi connectivity index (χ1n) is 11.7. The molecule has 0 spiro atoms. The number of hydrogen-bond acceptors (Lipinski definition) is 6. The van der Waals surface area contributed by atoms with E-state index in [0.717, 1.165) is 18.2 Å². The molecule has 0 radical (unpaired) electrons. The van der Waals surface area contributed by atoms with Crippen LogP contribution in [-0.4, -0.2) is 55.2 Å². The van der Waals surface area contributed by atoms with Gasteiger partial charge >= 0.3 is 5.97 Å². The number of rotatable bonds is 5. The molecule has 1 fully saturated rings. The SMILES string of the molecule is COc1cc[c-]cc1N1C(N2CCN(c3cc(F)ccc3F)CC2)=Nc2c(F)cccc2C1CC(=O)O.[U]. The maximum atomic E-state index is 15.0. The van der Waals surface area contributed by atoms with E-state index in [-0.39, 0.29) is 48.9 Å². The van der Waals surface area contributed by atoms with Crippen molar-refractivity contribution in [3.05, 3.63) is 83.7 Å². The van der Waals surface area contributed by atoms with Crippen molar-refractivity contribution < 1.29 is 58.9 Å². The first-order valence-corrected chi connectivity index (χ1v) is 11.7. The van der Waals surface area contributed by atoms with Gasteiger partial charge in [-0.05, 0) is 23.9 Å². The van der Waals surface area contributed by atoms with Crippen LogP contribution in [0.25, 0.3) is 0 Å². The number of anilines is 2. The molecule has 1 N–H and O–H groups in total. The molecule has 11 heteroatoms. The molecule has 2 heterocycles. The van der Waals surface area contributed by atoms with Gasteiger partial charge in [0, 0.05) is 74.7 Å². The van der Waals surface area contributed by atoms with Crippen molar-refractivity contribution in [2.75, 3.05) is 43.1 Å². The van der Waals surface area contributed by atoms with Crippen molar-refractivity contribution in [1.29, 1.82) is 0 Å². The summed E-state index contributed by atoms with van der Waals surface area (Å²) < 4.78 is 48.7. The number of fused-ring (bicyclic) bond motifs is 1. The average Bonchev–Trinajstić information content (AvgIpc) is 2.90. The number of guanidine groups is 1. The third-order valence-electron chi connectivity index (χ3n) is 6.58. The summed E-state index contributed by atoms with van der Waals surface area (Å²) in [5.74, 6) is -1.84. The van der Waals surface area contributed by atoms with Crippen LogP contribution in [0.3, 0.4) is 0 Å². The van der Waals surface area contributed by atoms with Crippen molar-refractivity contribution in [3.63, 3.8) is 0 Å². The number of para-hydroxylation sites is 1. The number of carboxylic acids is 1. The molecule has 0 amide bonds. The fourth-order valence-electron chi connectivity index (χ4n) is 4.86. The fourth-order valence-corrected chi connectivity index (χ4v) is 4.86. The normalized spacial score (nSPS) is 16.9. The first-order chi connectivity index (χ1) is 17.9. The Hall–Kier alpha value is -3.16. The minimum atomic E-state index is -1.06. The molecule has 196 valence electrons. The van der Waals surface area contributed by atoms with Gasteiger partial charge in [0.05, 0.1) is 25.3 Å². The van der Waals surface area contributed by atoms with Gasteiger partial charge in [-0.25, -0.2) is 18.2 Å². The van der Waals surface area contributed by atoms with E-state index in [1.54, 1.807) is 34.1 Å². The molecule has 5 rings (SSSR count). The second kappa shape index (κ2) is 11.7. The molecular weight excluding hydrogens is 723 g/mol. The Morgan fingerprint density at radius 3 is 2.50 bits per heavy atom. The van der Waals surface area contributed by atoms with Gasteiger partial charge in [0.15, 0.2) is 5.96 Å². The van der Waals surface area contributed by atoms with Crippen molar-refractivity contribution in [2.45, 2.75) is 12.5 Å². The molecule has 2 aliphatic heterocycles. The average molecular weight is 748 g/mol. The maximum Gasteiger partial charge on any atom is 0.305 e.